The Morgan fingerprint density at radius 3 is 1.42 bits per heavy atom. The average Bonchev–Trinajstić information content (AvgIpc) is 3.20. The number of unbranched alkanes of at least 4 members (excludes halogenated alkanes) is 24. The highest BCUT2D eigenvalue weighted by Gasteiger charge is 2.24. The number of nitrogens with one attached hydrogen (secondary N) is 1. The summed E-state index contributed by atoms with van der Waals surface area (Å²) in [6.07, 6.45) is 54.2. The van der Waals surface area contributed by atoms with Gasteiger partial charge in [0.05, 0.1) is 25.2 Å². The third-order valence-corrected chi connectivity index (χ3v) is 10.7. The van der Waals surface area contributed by atoms with Crippen LogP contribution in [-0.2, 0) is 14.3 Å². The van der Waals surface area contributed by atoms with Gasteiger partial charge in [-0.3, -0.25) is 9.59 Å². The third kappa shape index (κ3) is 40.1. The van der Waals surface area contributed by atoms with Gasteiger partial charge in [-0.2, -0.15) is 0 Å². The monoisotopic (exact) mass is 798 g/mol. The van der Waals surface area contributed by atoms with Crippen LogP contribution in [0.1, 0.15) is 226 Å². The van der Waals surface area contributed by atoms with E-state index in [9.17, 15) is 19.8 Å². The molecule has 0 aromatic carbocycles. The first-order valence-corrected chi connectivity index (χ1v) is 24.1. The van der Waals surface area contributed by atoms with Crippen molar-refractivity contribution >= 4 is 11.9 Å². The third-order valence-electron chi connectivity index (χ3n) is 10.7. The van der Waals surface area contributed by atoms with Gasteiger partial charge in [0.15, 0.2) is 0 Å². The number of aliphatic hydroxyl groups is 2. The van der Waals surface area contributed by atoms with Crippen LogP contribution in [0.4, 0.5) is 0 Å². The van der Waals surface area contributed by atoms with E-state index in [0.717, 1.165) is 83.5 Å². The number of hydrogen-bond donors (Lipinski definition) is 3. The Labute approximate surface area is 352 Å². The minimum absolute atomic E-state index is 0.0667. The molecule has 57 heavy (non-hydrogen) atoms. The van der Waals surface area contributed by atoms with E-state index in [1.54, 1.807) is 0 Å². The van der Waals surface area contributed by atoms with Gasteiger partial charge in [0.25, 0.3) is 0 Å². The molecule has 0 radical (unpaired) electrons. The van der Waals surface area contributed by atoms with E-state index in [1.807, 2.05) is 24.3 Å². The fraction of sp³-hybridized carbons (Fsp3) is 0.765. The van der Waals surface area contributed by atoms with Crippen molar-refractivity contribution in [2.24, 2.45) is 0 Å². The van der Waals surface area contributed by atoms with E-state index < -0.39 is 18.2 Å². The first kappa shape index (κ1) is 54.6. The van der Waals surface area contributed by atoms with Gasteiger partial charge in [-0.25, -0.2) is 0 Å². The topological polar surface area (TPSA) is 95.9 Å². The Bertz CT molecular complexity index is 1030. The lowest BCUT2D eigenvalue weighted by Gasteiger charge is -2.24. The minimum Gasteiger partial charge on any atom is -0.462 e. The van der Waals surface area contributed by atoms with Crippen molar-refractivity contribution in [1.82, 2.24) is 5.32 Å². The first-order valence-electron chi connectivity index (χ1n) is 24.1. The molecule has 3 N–H and O–H groups in total. The summed E-state index contributed by atoms with van der Waals surface area (Å²) in [6.45, 7) is 6.36. The normalized spacial score (nSPS) is 13.8. The second-order valence-corrected chi connectivity index (χ2v) is 16.3. The van der Waals surface area contributed by atoms with Gasteiger partial charge in [-0.1, -0.05) is 229 Å². The van der Waals surface area contributed by atoms with Crippen molar-refractivity contribution in [3.8, 4) is 0 Å². The van der Waals surface area contributed by atoms with Crippen molar-refractivity contribution in [2.75, 3.05) is 6.61 Å². The number of esters is 1. The van der Waals surface area contributed by atoms with E-state index in [4.69, 9.17) is 4.74 Å². The summed E-state index contributed by atoms with van der Waals surface area (Å²) in [5.41, 5.74) is 0. The molecule has 0 aliphatic rings. The van der Waals surface area contributed by atoms with Crippen molar-refractivity contribution < 1.29 is 24.5 Å². The first-order chi connectivity index (χ1) is 28.0. The maximum absolute atomic E-state index is 13.1. The van der Waals surface area contributed by atoms with Gasteiger partial charge < -0.3 is 20.3 Å². The van der Waals surface area contributed by atoms with Crippen LogP contribution in [0.25, 0.3) is 0 Å². The Hall–Kier alpha value is -2.44. The van der Waals surface area contributed by atoms with Crippen LogP contribution in [0.15, 0.2) is 60.8 Å². The Balaban J connectivity index is 4.55. The highest BCUT2D eigenvalue weighted by Crippen LogP contribution is 2.17. The molecule has 0 aliphatic carbocycles. The smallest absolute Gasteiger partial charge is 0.306 e. The number of carbonyl (C=O) groups is 2. The van der Waals surface area contributed by atoms with Crippen LogP contribution in [0, 0.1) is 0 Å². The number of carbonyl (C=O) groups excluding carboxylic acids is 2. The number of allylic oxidation sites excluding steroid dienone is 10. The molecule has 1 amide bonds. The predicted octanol–water partition coefficient (Wildman–Crippen LogP) is 14.1. The molecule has 0 aromatic rings. The van der Waals surface area contributed by atoms with Gasteiger partial charge in [0.1, 0.15) is 6.10 Å². The molecule has 0 saturated carbocycles. The molecular weight excluding hydrogens is 707 g/mol. The minimum atomic E-state index is -0.790. The maximum atomic E-state index is 13.1. The van der Waals surface area contributed by atoms with Gasteiger partial charge in [-0.05, 0) is 44.9 Å². The molecule has 0 rings (SSSR count). The summed E-state index contributed by atoms with van der Waals surface area (Å²) in [4.78, 5) is 26.0. The van der Waals surface area contributed by atoms with Crippen LogP contribution in [-0.4, -0.2) is 46.9 Å². The van der Waals surface area contributed by atoms with Gasteiger partial charge in [0, 0.05) is 6.42 Å². The van der Waals surface area contributed by atoms with Crippen LogP contribution in [0.2, 0.25) is 0 Å². The molecule has 3 atom stereocenters. The number of ether oxygens (including phenoxy) is 1. The highest BCUT2D eigenvalue weighted by molar-refractivity contribution is 5.77. The standard InChI is InChI=1S/C51H91NO5/c1-4-7-10-13-16-19-21-22-23-24-25-26-27-29-32-35-38-41-44-51(56)57-47(42-39-36-33-30-18-15-12-9-6-3)45-50(55)52-48(46-53)49(54)43-40-37-34-31-28-20-17-14-11-8-5-2/h10,13,16,19,21-26,47-49,53-54H,4-9,11-12,14-15,17-18,20,27-46H2,1-3H3,(H,52,55)/b13-10+,19-16+,22-21+,24-23+,26-25+. The lowest BCUT2D eigenvalue weighted by Crippen LogP contribution is -2.46. The van der Waals surface area contributed by atoms with Crippen LogP contribution in [0.5, 0.6) is 0 Å². The maximum Gasteiger partial charge on any atom is 0.306 e. The molecule has 0 aromatic heterocycles. The van der Waals surface area contributed by atoms with Gasteiger partial charge >= 0.3 is 5.97 Å². The van der Waals surface area contributed by atoms with E-state index >= 15 is 0 Å². The summed E-state index contributed by atoms with van der Waals surface area (Å²) in [5, 5.41) is 23.6. The average molecular weight is 798 g/mol. The van der Waals surface area contributed by atoms with Crippen molar-refractivity contribution in [3.63, 3.8) is 0 Å². The lowest BCUT2D eigenvalue weighted by molar-refractivity contribution is -0.151. The van der Waals surface area contributed by atoms with E-state index in [1.165, 1.54) is 96.3 Å². The number of hydrogen-bond acceptors (Lipinski definition) is 5. The molecule has 0 bridgehead atoms. The van der Waals surface area contributed by atoms with Crippen molar-refractivity contribution in [1.29, 1.82) is 0 Å². The lowest BCUT2D eigenvalue weighted by atomic mass is 10.0. The van der Waals surface area contributed by atoms with Crippen LogP contribution in [0.3, 0.4) is 0 Å². The molecule has 6 heteroatoms. The summed E-state index contributed by atoms with van der Waals surface area (Å²) >= 11 is 0. The Morgan fingerprint density at radius 1 is 0.509 bits per heavy atom. The number of rotatable bonds is 42. The molecule has 0 heterocycles. The number of amides is 1. The molecule has 3 unspecified atom stereocenters. The quantitative estimate of drug-likeness (QED) is 0.0325. The van der Waals surface area contributed by atoms with Crippen molar-refractivity contribution in [2.45, 2.75) is 244 Å². The summed E-state index contributed by atoms with van der Waals surface area (Å²) in [5.74, 6) is -0.504. The molecule has 0 saturated heterocycles. The highest BCUT2D eigenvalue weighted by atomic mass is 16.5. The zero-order valence-electron chi connectivity index (χ0n) is 37.5. The Kier molecular flexibility index (Phi) is 42.7. The zero-order valence-corrected chi connectivity index (χ0v) is 37.5. The molecule has 6 nitrogen and oxygen atoms in total. The van der Waals surface area contributed by atoms with E-state index in [0.29, 0.717) is 19.3 Å². The van der Waals surface area contributed by atoms with Crippen LogP contribution < -0.4 is 5.32 Å². The van der Waals surface area contributed by atoms with Crippen molar-refractivity contribution in [3.05, 3.63) is 60.8 Å². The Morgan fingerprint density at radius 2 is 0.930 bits per heavy atom. The fourth-order valence-corrected chi connectivity index (χ4v) is 7.05. The fourth-order valence-electron chi connectivity index (χ4n) is 7.05. The molecular formula is C51H91NO5. The number of aliphatic hydroxyl groups excluding tert-OH is 2. The second-order valence-electron chi connectivity index (χ2n) is 16.3. The second kappa shape index (κ2) is 44.7. The summed E-state index contributed by atoms with van der Waals surface area (Å²) < 4.78 is 5.89. The molecule has 0 spiro atoms. The van der Waals surface area contributed by atoms with E-state index in [-0.39, 0.29) is 24.9 Å². The molecule has 0 aliphatic heterocycles. The molecule has 0 fully saturated rings. The van der Waals surface area contributed by atoms with Crippen LogP contribution >= 0.6 is 0 Å². The SMILES string of the molecule is CCC/C=C/C=C/C=C/C=C/C=C/CCCCCCCC(=O)OC(CCCCCCCCCCC)CC(=O)NC(CO)C(O)CCCCCCCCCCCCC. The molecule has 330 valence electrons. The summed E-state index contributed by atoms with van der Waals surface area (Å²) in [6, 6.07) is -0.704. The summed E-state index contributed by atoms with van der Waals surface area (Å²) in [7, 11) is 0. The predicted molar refractivity (Wildman–Crippen MR) is 245 cm³/mol. The largest absolute Gasteiger partial charge is 0.462 e. The zero-order chi connectivity index (χ0) is 41.7. The van der Waals surface area contributed by atoms with E-state index in [2.05, 4.69) is 62.5 Å². The van der Waals surface area contributed by atoms with Gasteiger partial charge in [0.2, 0.25) is 5.91 Å². The van der Waals surface area contributed by atoms with Gasteiger partial charge in [-0.15, -0.1) is 0 Å².